The monoisotopic (exact) mass is 359 g/mol. The Morgan fingerprint density at radius 2 is 1.72 bits per heavy atom. The van der Waals surface area contributed by atoms with Crippen molar-refractivity contribution in [2.45, 2.75) is 20.8 Å². The van der Waals surface area contributed by atoms with Gasteiger partial charge in [-0.25, -0.2) is 0 Å². The van der Waals surface area contributed by atoms with Gasteiger partial charge in [0.15, 0.2) is 0 Å². The molecule has 132 valence electrons. The van der Waals surface area contributed by atoms with Gasteiger partial charge in [0, 0.05) is 48.2 Å². The van der Waals surface area contributed by atoms with E-state index in [0.717, 1.165) is 5.39 Å². The van der Waals surface area contributed by atoms with Crippen molar-refractivity contribution in [2.75, 3.05) is 26.2 Å². The van der Waals surface area contributed by atoms with Crippen molar-refractivity contribution in [3.05, 3.63) is 41.0 Å². The highest BCUT2D eigenvalue weighted by Gasteiger charge is 2.31. The molecule has 0 spiro atoms. The molecule has 1 saturated heterocycles. The van der Waals surface area contributed by atoms with Gasteiger partial charge in [0.2, 0.25) is 5.91 Å². The number of hydrogen-bond acceptors (Lipinski definition) is 3. The number of amides is 2. The molecule has 0 bridgehead atoms. The van der Waals surface area contributed by atoms with Gasteiger partial charge in [-0.3, -0.25) is 14.6 Å². The Kier molecular flexibility index (Phi) is 4.69. The van der Waals surface area contributed by atoms with Crippen LogP contribution in [0, 0.1) is 5.41 Å². The second kappa shape index (κ2) is 6.64. The number of benzene rings is 1. The molecular weight excluding hydrogens is 338 g/mol. The molecule has 6 heteroatoms. The van der Waals surface area contributed by atoms with E-state index in [1.165, 1.54) is 0 Å². The number of carbonyl (C=O) groups is 2. The molecule has 5 nitrogen and oxygen atoms in total. The fraction of sp³-hybridized carbons (Fsp3) is 0.421. The van der Waals surface area contributed by atoms with Crippen LogP contribution in [0.3, 0.4) is 0 Å². The highest BCUT2D eigenvalue weighted by Crippen LogP contribution is 2.24. The number of nitrogens with zero attached hydrogens (tertiary/aromatic N) is 3. The second-order valence-electron chi connectivity index (χ2n) is 7.36. The molecule has 25 heavy (non-hydrogen) atoms. The van der Waals surface area contributed by atoms with Crippen LogP contribution in [0.4, 0.5) is 0 Å². The van der Waals surface area contributed by atoms with Crippen molar-refractivity contribution in [1.29, 1.82) is 0 Å². The molecule has 0 atom stereocenters. The highest BCUT2D eigenvalue weighted by molar-refractivity contribution is 6.32. The van der Waals surface area contributed by atoms with E-state index < -0.39 is 5.41 Å². The van der Waals surface area contributed by atoms with Crippen LogP contribution in [0.25, 0.3) is 10.9 Å². The summed E-state index contributed by atoms with van der Waals surface area (Å²) in [5.41, 5.74) is 0.767. The Balaban J connectivity index is 1.79. The second-order valence-corrected chi connectivity index (χ2v) is 7.80. The van der Waals surface area contributed by atoms with E-state index in [0.29, 0.717) is 42.3 Å². The summed E-state index contributed by atoms with van der Waals surface area (Å²) in [4.78, 5) is 33.3. The molecule has 1 aromatic carbocycles. The summed E-state index contributed by atoms with van der Waals surface area (Å²) >= 11 is 6.17. The molecule has 3 rings (SSSR count). The third-order valence-corrected chi connectivity index (χ3v) is 4.61. The fourth-order valence-electron chi connectivity index (χ4n) is 3.08. The van der Waals surface area contributed by atoms with Crippen molar-refractivity contribution < 1.29 is 9.59 Å². The Morgan fingerprint density at radius 1 is 1.08 bits per heavy atom. The molecule has 0 radical (unpaired) electrons. The number of rotatable bonds is 1. The third-order valence-electron chi connectivity index (χ3n) is 4.40. The lowest BCUT2D eigenvalue weighted by Gasteiger charge is -2.37. The zero-order chi connectivity index (χ0) is 18.2. The summed E-state index contributed by atoms with van der Waals surface area (Å²) in [6, 6.07) is 7.20. The minimum Gasteiger partial charge on any atom is -0.339 e. The lowest BCUT2D eigenvalue weighted by molar-refractivity contribution is -0.140. The number of fused-ring (bicyclic) bond motifs is 1. The first-order valence-corrected chi connectivity index (χ1v) is 8.78. The van der Waals surface area contributed by atoms with E-state index in [4.69, 9.17) is 11.6 Å². The zero-order valence-electron chi connectivity index (χ0n) is 14.8. The number of carbonyl (C=O) groups excluding carboxylic acids is 2. The van der Waals surface area contributed by atoms with Crippen molar-refractivity contribution >= 4 is 34.3 Å². The van der Waals surface area contributed by atoms with Gasteiger partial charge < -0.3 is 9.80 Å². The number of aromatic nitrogens is 1. The largest absolute Gasteiger partial charge is 0.339 e. The van der Waals surface area contributed by atoms with Crippen molar-refractivity contribution in [3.8, 4) is 0 Å². The Labute approximate surface area is 152 Å². The predicted molar refractivity (Wildman–Crippen MR) is 98.7 cm³/mol. The van der Waals surface area contributed by atoms with E-state index in [1.54, 1.807) is 23.2 Å². The molecule has 0 saturated carbocycles. The molecule has 0 N–H and O–H groups in total. The van der Waals surface area contributed by atoms with Gasteiger partial charge in [0.25, 0.3) is 5.91 Å². The van der Waals surface area contributed by atoms with E-state index in [-0.39, 0.29) is 11.8 Å². The molecule has 1 aliphatic heterocycles. The van der Waals surface area contributed by atoms with Crippen LogP contribution in [0.1, 0.15) is 31.1 Å². The molecule has 1 aromatic heterocycles. The van der Waals surface area contributed by atoms with Crippen molar-refractivity contribution in [2.24, 2.45) is 5.41 Å². The number of pyridine rings is 1. The van der Waals surface area contributed by atoms with Crippen LogP contribution in [-0.4, -0.2) is 52.8 Å². The molecule has 2 heterocycles. The van der Waals surface area contributed by atoms with Crippen LogP contribution in [0.15, 0.2) is 30.5 Å². The normalized spacial score (nSPS) is 15.5. The van der Waals surface area contributed by atoms with Gasteiger partial charge in [0.05, 0.1) is 11.1 Å². The molecule has 0 aliphatic carbocycles. The van der Waals surface area contributed by atoms with Crippen molar-refractivity contribution in [3.63, 3.8) is 0 Å². The fourth-order valence-corrected chi connectivity index (χ4v) is 3.30. The van der Waals surface area contributed by atoms with Crippen LogP contribution in [0.2, 0.25) is 5.02 Å². The maximum atomic E-state index is 13.0. The zero-order valence-corrected chi connectivity index (χ0v) is 15.5. The molecule has 0 unspecified atom stereocenters. The lowest BCUT2D eigenvalue weighted by Crippen LogP contribution is -2.53. The summed E-state index contributed by atoms with van der Waals surface area (Å²) in [7, 11) is 0. The summed E-state index contributed by atoms with van der Waals surface area (Å²) in [5, 5.41) is 1.37. The Hall–Kier alpha value is -2.14. The summed E-state index contributed by atoms with van der Waals surface area (Å²) < 4.78 is 0. The first-order valence-electron chi connectivity index (χ1n) is 8.40. The molecule has 2 aromatic rings. The summed E-state index contributed by atoms with van der Waals surface area (Å²) in [6.45, 7) is 7.87. The first kappa shape index (κ1) is 17.7. The molecule has 2 amide bonds. The average molecular weight is 360 g/mol. The Morgan fingerprint density at radius 3 is 2.36 bits per heavy atom. The number of halogens is 1. The van der Waals surface area contributed by atoms with Crippen molar-refractivity contribution in [1.82, 2.24) is 14.8 Å². The molecular formula is C19H22ClN3O2. The number of hydrogen-bond donors (Lipinski definition) is 0. The third kappa shape index (κ3) is 3.61. The first-order chi connectivity index (χ1) is 11.8. The molecule has 1 fully saturated rings. The lowest BCUT2D eigenvalue weighted by atomic mass is 9.94. The summed E-state index contributed by atoms with van der Waals surface area (Å²) in [6.07, 6.45) is 1.67. The van der Waals surface area contributed by atoms with Crippen LogP contribution in [-0.2, 0) is 4.79 Å². The van der Waals surface area contributed by atoms with E-state index in [2.05, 4.69) is 4.98 Å². The van der Waals surface area contributed by atoms with E-state index in [9.17, 15) is 9.59 Å². The van der Waals surface area contributed by atoms with Crippen LogP contribution < -0.4 is 0 Å². The van der Waals surface area contributed by atoms with Gasteiger partial charge in [-0.1, -0.05) is 38.4 Å². The minimum atomic E-state index is -0.404. The van der Waals surface area contributed by atoms with Crippen LogP contribution >= 0.6 is 11.6 Å². The standard InChI is InChI=1S/C19H22ClN3O2/c1-19(2,3)18(25)23-9-7-22(8-10-23)17(24)15-12-14(20)11-13-5-4-6-21-16(13)15/h4-6,11-12H,7-10H2,1-3H3. The summed E-state index contributed by atoms with van der Waals surface area (Å²) in [5.74, 6) is 0.0310. The highest BCUT2D eigenvalue weighted by atomic mass is 35.5. The van der Waals surface area contributed by atoms with Gasteiger partial charge in [-0.05, 0) is 18.2 Å². The van der Waals surface area contributed by atoms with Gasteiger partial charge in [0.1, 0.15) is 0 Å². The minimum absolute atomic E-state index is 0.0888. The van der Waals surface area contributed by atoms with Gasteiger partial charge in [-0.15, -0.1) is 0 Å². The number of piperazine rings is 1. The maximum Gasteiger partial charge on any atom is 0.256 e. The van der Waals surface area contributed by atoms with Gasteiger partial charge in [-0.2, -0.15) is 0 Å². The smallest absolute Gasteiger partial charge is 0.256 e. The molecule has 1 aliphatic rings. The topological polar surface area (TPSA) is 53.5 Å². The average Bonchev–Trinajstić information content (AvgIpc) is 2.59. The quantitative estimate of drug-likeness (QED) is 0.785. The predicted octanol–water partition coefficient (Wildman–Crippen LogP) is 3.22. The maximum absolute atomic E-state index is 13.0. The van der Waals surface area contributed by atoms with E-state index in [1.807, 2.05) is 37.8 Å². The van der Waals surface area contributed by atoms with E-state index >= 15 is 0 Å². The Bertz CT molecular complexity index is 821. The SMILES string of the molecule is CC(C)(C)C(=O)N1CCN(C(=O)c2cc(Cl)cc3cccnc23)CC1. The van der Waals surface area contributed by atoms with Crippen LogP contribution in [0.5, 0.6) is 0 Å². The van der Waals surface area contributed by atoms with Gasteiger partial charge >= 0.3 is 0 Å².